The van der Waals surface area contributed by atoms with Crippen molar-refractivity contribution in [2.75, 3.05) is 18.4 Å². The Labute approximate surface area is 204 Å². The molecule has 0 aliphatic carbocycles. The van der Waals surface area contributed by atoms with Crippen LogP contribution in [0.5, 0.6) is 0 Å². The Morgan fingerprint density at radius 2 is 1.69 bits per heavy atom. The van der Waals surface area contributed by atoms with Crippen LogP contribution in [0.2, 0.25) is 0 Å². The SMILES string of the molecule is Cc1noc(C=Cc2ccc(F)cc2F)c1S(=O)(=O)N1CCC(C(=O)Nc2cc(F)ccc2F)CC1. The molecule has 0 radical (unpaired) electrons. The first-order chi connectivity index (χ1) is 17.1. The van der Waals surface area contributed by atoms with Gasteiger partial charge in [0, 0.05) is 36.7 Å². The molecule has 1 amide bonds. The van der Waals surface area contributed by atoms with E-state index >= 15 is 0 Å². The maximum absolute atomic E-state index is 13.9. The molecule has 1 saturated heterocycles. The zero-order valence-electron chi connectivity index (χ0n) is 19.0. The number of nitrogens with zero attached hydrogens (tertiary/aromatic N) is 2. The normalized spacial score (nSPS) is 15.5. The lowest BCUT2D eigenvalue weighted by molar-refractivity contribution is -0.120. The van der Waals surface area contributed by atoms with Crippen molar-refractivity contribution in [3.05, 3.63) is 76.7 Å². The third-order valence-electron chi connectivity index (χ3n) is 5.82. The van der Waals surface area contributed by atoms with E-state index in [0.29, 0.717) is 6.07 Å². The average molecular weight is 524 g/mol. The van der Waals surface area contributed by atoms with E-state index in [-0.39, 0.29) is 53.5 Å². The molecule has 1 N–H and O–H groups in total. The Kier molecular flexibility index (Phi) is 7.27. The number of aromatic nitrogens is 1. The maximum atomic E-state index is 13.9. The summed E-state index contributed by atoms with van der Waals surface area (Å²) in [5.74, 6) is -4.34. The molecule has 1 aromatic heterocycles. The topological polar surface area (TPSA) is 92.5 Å². The molecule has 0 bridgehead atoms. The fraction of sp³-hybridized carbons (Fsp3) is 0.250. The minimum Gasteiger partial charge on any atom is -0.355 e. The summed E-state index contributed by atoms with van der Waals surface area (Å²) in [5.41, 5.74) is -0.171. The van der Waals surface area contributed by atoms with Gasteiger partial charge < -0.3 is 9.84 Å². The van der Waals surface area contributed by atoms with E-state index in [4.69, 9.17) is 4.52 Å². The minimum absolute atomic E-state index is 0.00752. The van der Waals surface area contributed by atoms with Crippen LogP contribution in [0, 0.1) is 36.1 Å². The smallest absolute Gasteiger partial charge is 0.248 e. The molecule has 0 atom stereocenters. The van der Waals surface area contributed by atoms with E-state index in [2.05, 4.69) is 10.5 Å². The number of anilines is 1. The number of hydrogen-bond donors (Lipinski definition) is 1. The largest absolute Gasteiger partial charge is 0.355 e. The number of carbonyl (C=O) groups is 1. The van der Waals surface area contributed by atoms with Crippen molar-refractivity contribution in [2.45, 2.75) is 24.7 Å². The van der Waals surface area contributed by atoms with Crippen LogP contribution in [-0.2, 0) is 14.8 Å². The molecule has 0 unspecified atom stereocenters. The van der Waals surface area contributed by atoms with Gasteiger partial charge in [-0.1, -0.05) is 5.16 Å². The molecule has 12 heteroatoms. The number of rotatable bonds is 6. The zero-order valence-corrected chi connectivity index (χ0v) is 19.8. The number of benzene rings is 2. The van der Waals surface area contributed by atoms with Gasteiger partial charge in [-0.2, -0.15) is 4.31 Å². The molecular formula is C24H21F4N3O4S. The summed E-state index contributed by atoms with van der Waals surface area (Å²) in [7, 11) is -4.09. The molecule has 0 spiro atoms. The quantitative estimate of drug-likeness (QED) is 0.471. The van der Waals surface area contributed by atoms with Gasteiger partial charge in [0.05, 0.1) is 5.69 Å². The van der Waals surface area contributed by atoms with Crippen molar-refractivity contribution in [1.82, 2.24) is 9.46 Å². The third kappa shape index (κ3) is 5.34. The lowest BCUT2D eigenvalue weighted by Gasteiger charge is -2.30. The van der Waals surface area contributed by atoms with Crippen LogP contribution < -0.4 is 5.32 Å². The summed E-state index contributed by atoms with van der Waals surface area (Å²) in [5, 5.41) is 6.07. The molecule has 3 aromatic rings. The Balaban J connectivity index is 1.47. The predicted octanol–water partition coefficient (Wildman–Crippen LogP) is 4.75. The summed E-state index contributed by atoms with van der Waals surface area (Å²) < 4.78 is 87.2. The molecule has 7 nitrogen and oxygen atoms in total. The molecule has 0 saturated carbocycles. The number of nitrogens with one attached hydrogen (secondary N) is 1. The third-order valence-corrected chi connectivity index (χ3v) is 7.88. The number of carbonyl (C=O) groups excluding carboxylic acids is 1. The molecule has 2 aromatic carbocycles. The number of amides is 1. The highest BCUT2D eigenvalue weighted by Gasteiger charge is 2.36. The molecule has 1 aliphatic heterocycles. The Morgan fingerprint density at radius 1 is 1.03 bits per heavy atom. The van der Waals surface area contributed by atoms with Gasteiger partial charge in [-0.25, -0.2) is 26.0 Å². The van der Waals surface area contributed by atoms with Crippen molar-refractivity contribution in [2.24, 2.45) is 5.92 Å². The van der Waals surface area contributed by atoms with Crippen LogP contribution in [0.1, 0.15) is 29.9 Å². The monoisotopic (exact) mass is 523 g/mol. The van der Waals surface area contributed by atoms with E-state index < -0.39 is 45.1 Å². The van der Waals surface area contributed by atoms with Crippen molar-refractivity contribution in [3.8, 4) is 0 Å². The van der Waals surface area contributed by atoms with Gasteiger partial charge in [0.15, 0.2) is 10.7 Å². The Morgan fingerprint density at radius 3 is 2.39 bits per heavy atom. The highest BCUT2D eigenvalue weighted by molar-refractivity contribution is 7.89. The lowest BCUT2D eigenvalue weighted by atomic mass is 9.97. The standard InChI is InChI=1S/C24H21F4N3O4S/c1-14-23(22(35-30-14)7-3-15-2-4-17(25)12-20(15)28)36(33,34)31-10-8-16(9-11-31)24(32)29-21-13-18(26)5-6-19(21)27/h2-7,12-13,16H,8-11H2,1H3,(H,29,32). The summed E-state index contributed by atoms with van der Waals surface area (Å²) in [6, 6.07) is 5.66. The van der Waals surface area contributed by atoms with Crippen molar-refractivity contribution in [1.29, 1.82) is 0 Å². The number of sulfonamides is 1. The van der Waals surface area contributed by atoms with Gasteiger partial charge >= 0.3 is 0 Å². The van der Waals surface area contributed by atoms with Crippen LogP contribution >= 0.6 is 0 Å². The van der Waals surface area contributed by atoms with Crippen molar-refractivity contribution >= 4 is 33.8 Å². The average Bonchev–Trinajstić information content (AvgIpc) is 3.22. The van der Waals surface area contributed by atoms with Crippen molar-refractivity contribution in [3.63, 3.8) is 0 Å². The van der Waals surface area contributed by atoms with Crippen LogP contribution in [-0.4, -0.2) is 36.9 Å². The molecule has 36 heavy (non-hydrogen) atoms. The number of aryl methyl sites for hydroxylation is 1. The lowest BCUT2D eigenvalue weighted by Crippen LogP contribution is -2.41. The van der Waals surface area contributed by atoms with E-state index in [0.717, 1.165) is 24.3 Å². The molecule has 1 fully saturated rings. The number of piperidine rings is 1. The second-order valence-corrected chi connectivity index (χ2v) is 10.1. The van der Waals surface area contributed by atoms with E-state index in [9.17, 15) is 30.8 Å². The maximum Gasteiger partial charge on any atom is 0.248 e. The van der Waals surface area contributed by atoms with Crippen LogP contribution in [0.25, 0.3) is 12.2 Å². The molecule has 2 heterocycles. The van der Waals surface area contributed by atoms with Crippen LogP contribution in [0.4, 0.5) is 23.2 Å². The summed E-state index contributed by atoms with van der Waals surface area (Å²) >= 11 is 0. The molecule has 4 rings (SSSR count). The van der Waals surface area contributed by atoms with E-state index in [1.54, 1.807) is 0 Å². The molecule has 190 valence electrons. The summed E-state index contributed by atoms with van der Waals surface area (Å²) in [4.78, 5) is 12.3. The summed E-state index contributed by atoms with van der Waals surface area (Å²) in [6.07, 6.45) is 2.78. The van der Waals surface area contributed by atoms with Gasteiger partial charge in [-0.05, 0) is 56.2 Å². The number of halogens is 4. The van der Waals surface area contributed by atoms with E-state index in [1.165, 1.54) is 29.4 Å². The minimum atomic E-state index is -4.09. The van der Waals surface area contributed by atoms with Crippen LogP contribution in [0.15, 0.2) is 45.8 Å². The van der Waals surface area contributed by atoms with Crippen LogP contribution in [0.3, 0.4) is 0 Å². The second-order valence-electron chi connectivity index (χ2n) is 8.25. The van der Waals surface area contributed by atoms with E-state index in [1.807, 2.05) is 0 Å². The fourth-order valence-corrected chi connectivity index (χ4v) is 5.64. The predicted molar refractivity (Wildman–Crippen MR) is 123 cm³/mol. The first kappa shape index (κ1) is 25.6. The molecular weight excluding hydrogens is 502 g/mol. The van der Waals surface area contributed by atoms with Gasteiger partial charge in [-0.15, -0.1) is 0 Å². The Bertz CT molecular complexity index is 1430. The second kappa shape index (κ2) is 10.2. The van der Waals surface area contributed by atoms with Gasteiger partial charge in [0.1, 0.15) is 29.0 Å². The molecule has 1 aliphatic rings. The van der Waals surface area contributed by atoms with Crippen molar-refractivity contribution < 1.29 is 35.3 Å². The fourth-order valence-electron chi connectivity index (χ4n) is 3.92. The van der Waals surface area contributed by atoms with Gasteiger partial charge in [-0.3, -0.25) is 4.79 Å². The highest BCUT2D eigenvalue weighted by Crippen LogP contribution is 2.30. The highest BCUT2D eigenvalue weighted by atomic mass is 32.2. The number of hydrogen-bond acceptors (Lipinski definition) is 5. The first-order valence-corrected chi connectivity index (χ1v) is 12.4. The van der Waals surface area contributed by atoms with Gasteiger partial charge in [0.25, 0.3) is 0 Å². The summed E-state index contributed by atoms with van der Waals surface area (Å²) in [6.45, 7) is 1.43. The van der Waals surface area contributed by atoms with Gasteiger partial charge in [0.2, 0.25) is 15.9 Å². The zero-order chi connectivity index (χ0) is 26.0. The Hall–Kier alpha value is -3.51. The first-order valence-electron chi connectivity index (χ1n) is 10.9.